The molecule has 1 aromatic heterocycles. The molecule has 0 bridgehead atoms. The number of hydrogen-bond acceptors (Lipinski definition) is 3. The molecule has 0 spiro atoms. The molecule has 0 saturated carbocycles. The third-order valence-corrected chi connectivity index (χ3v) is 4.06. The summed E-state index contributed by atoms with van der Waals surface area (Å²) in [6, 6.07) is 5.94. The van der Waals surface area contributed by atoms with Gasteiger partial charge in [0.25, 0.3) is 0 Å². The second-order valence-corrected chi connectivity index (χ2v) is 5.37. The largest absolute Gasteiger partial charge is 0.496 e. The van der Waals surface area contributed by atoms with Gasteiger partial charge in [-0.2, -0.15) is 0 Å². The van der Waals surface area contributed by atoms with E-state index in [1.54, 1.807) is 19.1 Å². The number of rotatable bonds is 3. The zero-order chi connectivity index (χ0) is 13.3. The van der Waals surface area contributed by atoms with E-state index in [0.29, 0.717) is 9.21 Å². The first-order chi connectivity index (χ1) is 8.54. The van der Waals surface area contributed by atoms with Gasteiger partial charge in [0.1, 0.15) is 17.1 Å². The summed E-state index contributed by atoms with van der Waals surface area (Å²) in [5, 5.41) is 0. The van der Waals surface area contributed by atoms with Crippen molar-refractivity contribution in [3.63, 3.8) is 0 Å². The normalized spacial score (nSPS) is 10.4. The predicted octanol–water partition coefficient (Wildman–Crippen LogP) is 4.09. The Morgan fingerprint density at radius 1 is 1.44 bits per heavy atom. The van der Waals surface area contributed by atoms with E-state index in [0.717, 1.165) is 16.9 Å². The van der Waals surface area contributed by atoms with Crippen LogP contribution in [-0.2, 0) is 0 Å². The third-order valence-electron chi connectivity index (χ3n) is 2.50. The Morgan fingerprint density at radius 3 is 2.72 bits per heavy atom. The molecule has 0 atom stereocenters. The van der Waals surface area contributed by atoms with Crippen molar-refractivity contribution in [2.24, 2.45) is 0 Å². The highest BCUT2D eigenvalue weighted by atomic mass is 35.5. The van der Waals surface area contributed by atoms with Crippen LogP contribution >= 0.6 is 22.9 Å². The molecule has 5 heteroatoms. The minimum absolute atomic E-state index is 0.0575. The molecule has 94 valence electrons. The lowest BCUT2D eigenvalue weighted by molar-refractivity contribution is 0.103. The van der Waals surface area contributed by atoms with Gasteiger partial charge in [-0.1, -0.05) is 17.7 Å². The van der Waals surface area contributed by atoms with Crippen LogP contribution in [-0.4, -0.2) is 12.9 Å². The van der Waals surface area contributed by atoms with Crippen molar-refractivity contribution in [3.05, 3.63) is 50.4 Å². The lowest BCUT2D eigenvalue weighted by Gasteiger charge is -2.07. The van der Waals surface area contributed by atoms with Gasteiger partial charge in [-0.05, 0) is 30.7 Å². The van der Waals surface area contributed by atoms with Gasteiger partial charge in [0.2, 0.25) is 5.78 Å². The standard InChI is InChI=1S/C13H10ClFO2S/c1-7-6-10(18-13(7)14)12(16)11-8(15)4-3-5-9(11)17-2/h3-6H,1-2H3. The number of carbonyl (C=O) groups excluding carboxylic acids is 1. The molecule has 0 radical (unpaired) electrons. The van der Waals surface area contributed by atoms with Crippen molar-refractivity contribution in [2.45, 2.75) is 6.92 Å². The highest BCUT2D eigenvalue weighted by Crippen LogP contribution is 2.31. The van der Waals surface area contributed by atoms with Gasteiger partial charge in [0, 0.05) is 0 Å². The maximum absolute atomic E-state index is 13.8. The maximum Gasteiger partial charge on any atom is 0.209 e. The number of methoxy groups -OCH3 is 1. The summed E-state index contributed by atoms with van der Waals surface area (Å²) in [6.45, 7) is 1.80. The van der Waals surface area contributed by atoms with Crippen LogP contribution in [0.3, 0.4) is 0 Å². The molecule has 2 rings (SSSR count). The number of ether oxygens (including phenoxy) is 1. The van der Waals surface area contributed by atoms with E-state index in [9.17, 15) is 9.18 Å². The van der Waals surface area contributed by atoms with Crippen molar-refractivity contribution in [1.29, 1.82) is 0 Å². The predicted molar refractivity (Wildman–Crippen MR) is 70.5 cm³/mol. The van der Waals surface area contributed by atoms with Crippen molar-refractivity contribution >= 4 is 28.7 Å². The van der Waals surface area contributed by atoms with Crippen LogP contribution in [0.15, 0.2) is 24.3 Å². The molecule has 2 nitrogen and oxygen atoms in total. The van der Waals surface area contributed by atoms with Crippen LogP contribution in [0.2, 0.25) is 4.34 Å². The van der Waals surface area contributed by atoms with Crippen LogP contribution in [0, 0.1) is 12.7 Å². The summed E-state index contributed by atoms with van der Waals surface area (Å²) in [5.41, 5.74) is 0.748. The quantitative estimate of drug-likeness (QED) is 0.794. The van der Waals surface area contributed by atoms with Crippen LogP contribution < -0.4 is 4.74 Å². The van der Waals surface area contributed by atoms with E-state index in [1.807, 2.05) is 0 Å². The molecule has 1 aromatic carbocycles. The zero-order valence-corrected chi connectivity index (χ0v) is 11.4. The van der Waals surface area contributed by atoms with Crippen LogP contribution in [0.5, 0.6) is 5.75 Å². The number of halogens is 2. The molecular weight excluding hydrogens is 275 g/mol. The Morgan fingerprint density at radius 2 is 2.17 bits per heavy atom. The summed E-state index contributed by atoms with van der Waals surface area (Å²) >= 11 is 7.05. The first kappa shape index (κ1) is 13.1. The second-order valence-electron chi connectivity index (χ2n) is 3.71. The molecule has 0 unspecified atom stereocenters. The monoisotopic (exact) mass is 284 g/mol. The molecule has 0 fully saturated rings. The number of benzene rings is 1. The fourth-order valence-corrected chi connectivity index (χ4v) is 2.74. The molecule has 0 N–H and O–H groups in total. The molecule has 0 amide bonds. The highest BCUT2D eigenvalue weighted by molar-refractivity contribution is 7.18. The van der Waals surface area contributed by atoms with Crippen LogP contribution in [0.4, 0.5) is 4.39 Å². The van der Waals surface area contributed by atoms with Gasteiger partial charge >= 0.3 is 0 Å². The third kappa shape index (κ3) is 2.26. The van der Waals surface area contributed by atoms with Crippen molar-refractivity contribution in [3.8, 4) is 5.75 Å². The molecule has 1 heterocycles. The number of hydrogen-bond donors (Lipinski definition) is 0. The lowest BCUT2D eigenvalue weighted by atomic mass is 10.1. The van der Waals surface area contributed by atoms with E-state index >= 15 is 0 Å². The van der Waals surface area contributed by atoms with E-state index in [-0.39, 0.29) is 11.3 Å². The first-order valence-corrected chi connectivity index (χ1v) is 6.37. The summed E-state index contributed by atoms with van der Waals surface area (Å²) in [6.07, 6.45) is 0. The van der Waals surface area contributed by atoms with E-state index in [2.05, 4.69) is 0 Å². The molecule has 0 saturated heterocycles. The smallest absolute Gasteiger partial charge is 0.209 e. The van der Waals surface area contributed by atoms with Gasteiger partial charge in [-0.3, -0.25) is 4.79 Å². The number of thiophene rings is 1. The first-order valence-electron chi connectivity index (χ1n) is 5.17. The minimum Gasteiger partial charge on any atom is -0.496 e. The Bertz CT molecular complexity index is 588. The Hall–Kier alpha value is -1.39. The zero-order valence-electron chi connectivity index (χ0n) is 9.79. The fraction of sp³-hybridized carbons (Fsp3) is 0.154. The van der Waals surface area contributed by atoms with Gasteiger partial charge in [-0.25, -0.2) is 4.39 Å². The van der Waals surface area contributed by atoms with E-state index in [4.69, 9.17) is 16.3 Å². The highest BCUT2D eigenvalue weighted by Gasteiger charge is 2.21. The van der Waals surface area contributed by atoms with Crippen molar-refractivity contribution in [2.75, 3.05) is 7.11 Å². The molecule has 2 aromatic rings. The number of carbonyl (C=O) groups is 1. The topological polar surface area (TPSA) is 26.3 Å². The van der Waals surface area contributed by atoms with Gasteiger partial charge in [0.15, 0.2) is 0 Å². The minimum atomic E-state index is -0.596. The van der Waals surface area contributed by atoms with Crippen LogP contribution in [0.25, 0.3) is 0 Å². The number of aryl methyl sites for hydroxylation is 1. The Labute approximate surface area is 113 Å². The fourth-order valence-electron chi connectivity index (χ4n) is 1.59. The summed E-state index contributed by atoms with van der Waals surface area (Å²) in [7, 11) is 1.40. The Kier molecular flexibility index (Phi) is 3.68. The summed E-state index contributed by atoms with van der Waals surface area (Å²) in [5.74, 6) is -0.784. The average molecular weight is 285 g/mol. The van der Waals surface area contributed by atoms with Crippen molar-refractivity contribution in [1.82, 2.24) is 0 Å². The number of ketones is 1. The molecule has 0 aliphatic rings. The van der Waals surface area contributed by atoms with Gasteiger partial charge < -0.3 is 4.74 Å². The Balaban J connectivity index is 2.52. The molecular formula is C13H10ClFO2S. The lowest BCUT2D eigenvalue weighted by Crippen LogP contribution is -2.05. The maximum atomic E-state index is 13.8. The van der Waals surface area contributed by atoms with E-state index < -0.39 is 11.6 Å². The SMILES string of the molecule is COc1cccc(F)c1C(=O)c1cc(C)c(Cl)s1. The van der Waals surface area contributed by atoms with Crippen molar-refractivity contribution < 1.29 is 13.9 Å². The molecule has 0 aliphatic carbocycles. The summed E-state index contributed by atoms with van der Waals surface area (Å²) in [4.78, 5) is 12.6. The van der Waals surface area contributed by atoms with E-state index in [1.165, 1.54) is 19.2 Å². The van der Waals surface area contributed by atoms with Gasteiger partial charge in [-0.15, -0.1) is 11.3 Å². The van der Waals surface area contributed by atoms with Crippen LogP contribution in [0.1, 0.15) is 20.8 Å². The average Bonchev–Trinajstić information content (AvgIpc) is 2.68. The molecule has 18 heavy (non-hydrogen) atoms. The summed E-state index contributed by atoms with van der Waals surface area (Å²) < 4.78 is 19.3. The molecule has 0 aliphatic heterocycles. The second kappa shape index (κ2) is 5.08. The van der Waals surface area contributed by atoms with Gasteiger partial charge in [0.05, 0.1) is 16.3 Å².